The molecule has 5 nitrogen and oxygen atoms in total. The molecule has 0 amide bonds. The van der Waals surface area contributed by atoms with Gasteiger partial charge in [0.2, 0.25) is 0 Å². The number of piperidine rings is 1. The molecular formula is C26H30F2N4OS. The van der Waals surface area contributed by atoms with Crippen LogP contribution in [0.5, 0.6) is 0 Å². The van der Waals surface area contributed by atoms with Gasteiger partial charge in [-0.25, -0.2) is 8.78 Å². The van der Waals surface area contributed by atoms with E-state index in [0.29, 0.717) is 5.92 Å². The molecule has 0 aliphatic carbocycles. The number of hydrogen-bond donors (Lipinski definition) is 0. The van der Waals surface area contributed by atoms with Crippen molar-refractivity contribution in [3.63, 3.8) is 0 Å². The van der Waals surface area contributed by atoms with Crippen LogP contribution in [0.4, 0.5) is 8.78 Å². The Morgan fingerprint density at radius 2 is 1.76 bits per heavy atom. The van der Waals surface area contributed by atoms with Crippen molar-refractivity contribution >= 4 is 11.8 Å². The van der Waals surface area contributed by atoms with Crippen molar-refractivity contribution in [2.24, 2.45) is 0 Å². The van der Waals surface area contributed by atoms with Crippen LogP contribution in [0.3, 0.4) is 0 Å². The Kier molecular flexibility index (Phi) is 7.57. The first kappa shape index (κ1) is 23.5. The van der Waals surface area contributed by atoms with Crippen LogP contribution in [0.25, 0.3) is 0 Å². The smallest absolute Gasteiger partial charge is 0.191 e. The Balaban J connectivity index is 1.26. The van der Waals surface area contributed by atoms with E-state index in [4.69, 9.17) is 4.74 Å². The third-order valence-corrected chi connectivity index (χ3v) is 7.72. The van der Waals surface area contributed by atoms with E-state index in [1.54, 1.807) is 23.9 Å². The van der Waals surface area contributed by atoms with Crippen molar-refractivity contribution in [1.82, 2.24) is 19.7 Å². The third kappa shape index (κ3) is 5.85. The maximum Gasteiger partial charge on any atom is 0.191 e. The van der Waals surface area contributed by atoms with Gasteiger partial charge in [-0.2, -0.15) is 0 Å². The second kappa shape index (κ2) is 11.0. The highest BCUT2D eigenvalue weighted by Crippen LogP contribution is 2.32. The fourth-order valence-electron chi connectivity index (χ4n) is 4.84. The maximum absolute atomic E-state index is 13.5. The highest BCUT2D eigenvalue weighted by molar-refractivity contribution is 7.98. The molecule has 0 bridgehead atoms. The predicted molar refractivity (Wildman–Crippen MR) is 129 cm³/mol. The topological polar surface area (TPSA) is 43.2 Å². The average Bonchev–Trinajstić information content (AvgIpc) is 3.50. The van der Waals surface area contributed by atoms with Crippen molar-refractivity contribution in [3.05, 3.63) is 77.1 Å². The Labute approximate surface area is 203 Å². The summed E-state index contributed by atoms with van der Waals surface area (Å²) < 4.78 is 35.0. The van der Waals surface area contributed by atoms with Crippen LogP contribution in [0.2, 0.25) is 0 Å². The van der Waals surface area contributed by atoms with Crippen molar-refractivity contribution in [2.75, 3.05) is 19.7 Å². The molecule has 34 heavy (non-hydrogen) atoms. The SMILES string of the molecule is Fc1ccc(CSc2nnc(C3CCN(Cc4cccc(F)c4)CC3)n2C[C@H]2CCCO2)cc1. The van der Waals surface area contributed by atoms with E-state index in [9.17, 15) is 8.78 Å². The minimum atomic E-state index is -0.221. The summed E-state index contributed by atoms with van der Waals surface area (Å²) in [6.45, 7) is 4.26. The zero-order chi connectivity index (χ0) is 23.3. The van der Waals surface area contributed by atoms with Crippen LogP contribution in [0, 0.1) is 11.6 Å². The number of halogens is 2. The van der Waals surface area contributed by atoms with Crippen LogP contribution in [-0.4, -0.2) is 45.5 Å². The molecule has 2 aliphatic heterocycles. The van der Waals surface area contributed by atoms with E-state index in [1.165, 1.54) is 18.2 Å². The first-order valence-electron chi connectivity index (χ1n) is 12.0. The van der Waals surface area contributed by atoms with Gasteiger partial charge in [0.1, 0.15) is 17.5 Å². The number of likely N-dealkylation sites (tertiary alicyclic amines) is 1. The standard InChI is InChI=1S/C26H30F2N4OS/c27-22-8-6-19(7-9-22)18-34-26-30-29-25(32(26)17-24-5-2-14-33-24)21-10-12-31(13-11-21)16-20-3-1-4-23(28)15-20/h1,3-4,6-9,15,21,24H,2,5,10-14,16-18H2/t24-/m1/s1. The van der Waals surface area contributed by atoms with E-state index < -0.39 is 0 Å². The fourth-order valence-corrected chi connectivity index (χ4v) is 5.75. The van der Waals surface area contributed by atoms with Crippen LogP contribution in [-0.2, 0) is 23.6 Å². The van der Waals surface area contributed by atoms with E-state index in [1.807, 2.05) is 18.2 Å². The zero-order valence-electron chi connectivity index (χ0n) is 19.2. The van der Waals surface area contributed by atoms with Crippen LogP contribution in [0.15, 0.2) is 53.7 Å². The molecule has 0 saturated carbocycles. The van der Waals surface area contributed by atoms with Gasteiger partial charge in [0.05, 0.1) is 12.6 Å². The lowest BCUT2D eigenvalue weighted by Gasteiger charge is -2.32. The maximum atomic E-state index is 13.5. The molecule has 0 radical (unpaired) electrons. The molecule has 0 unspecified atom stereocenters. The predicted octanol–water partition coefficient (Wildman–Crippen LogP) is 5.41. The lowest BCUT2D eigenvalue weighted by molar-refractivity contribution is 0.0931. The molecule has 2 aliphatic rings. The summed E-state index contributed by atoms with van der Waals surface area (Å²) in [4.78, 5) is 2.39. The first-order valence-corrected chi connectivity index (χ1v) is 13.0. The van der Waals surface area contributed by atoms with E-state index >= 15 is 0 Å². The van der Waals surface area contributed by atoms with Crippen LogP contribution < -0.4 is 0 Å². The van der Waals surface area contributed by atoms with Gasteiger partial charge in [0.25, 0.3) is 0 Å². The van der Waals surface area contributed by atoms with Crippen LogP contribution >= 0.6 is 11.8 Å². The summed E-state index contributed by atoms with van der Waals surface area (Å²) >= 11 is 1.64. The normalized spacial score (nSPS) is 19.6. The summed E-state index contributed by atoms with van der Waals surface area (Å²) in [5.41, 5.74) is 2.07. The lowest BCUT2D eigenvalue weighted by Crippen LogP contribution is -2.33. The average molecular weight is 485 g/mol. The van der Waals surface area contributed by atoms with Crippen molar-refractivity contribution < 1.29 is 13.5 Å². The fraction of sp³-hybridized carbons (Fsp3) is 0.462. The number of benzene rings is 2. The van der Waals surface area contributed by atoms with E-state index in [-0.39, 0.29) is 17.7 Å². The second-order valence-corrected chi connectivity index (χ2v) is 10.1. The van der Waals surface area contributed by atoms with Gasteiger partial charge in [-0.15, -0.1) is 10.2 Å². The minimum Gasteiger partial charge on any atom is -0.376 e. The summed E-state index contributed by atoms with van der Waals surface area (Å²) in [6, 6.07) is 13.5. The van der Waals surface area contributed by atoms with Gasteiger partial charge < -0.3 is 9.30 Å². The number of ether oxygens (including phenoxy) is 1. The summed E-state index contributed by atoms with van der Waals surface area (Å²) in [5, 5.41) is 10.1. The van der Waals surface area contributed by atoms with E-state index in [2.05, 4.69) is 19.7 Å². The van der Waals surface area contributed by atoms with Crippen molar-refractivity contribution in [2.45, 2.75) is 61.7 Å². The molecule has 0 spiro atoms. The van der Waals surface area contributed by atoms with Gasteiger partial charge in [-0.05, 0) is 74.2 Å². The largest absolute Gasteiger partial charge is 0.376 e. The quantitative estimate of drug-likeness (QED) is 0.400. The van der Waals surface area contributed by atoms with Gasteiger partial charge in [0, 0.05) is 24.8 Å². The summed E-state index contributed by atoms with van der Waals surface area (Å²) in [7, 11) is 0. The van der Waals surface area contributed by atoms with Gasteiger partial charge in [-0.3, -0.25) is 4.90 Å². The summed E-state index contributed by atoms with van der Waals surface area (Å²) in [6.07, 6.45) is 4.36. The number of nitrogens with zero attached hydrogens (tertiary/aromatic N) is 4. The number of hydrogen-bond acceptors (Lipinski definition) is 5. The summed E-state index contributed by atoms with van der Waals surface area (Å²) in [5.74, 6) is 1.71. The van der Waals surface area contributed by atoms with Gasteiger partial charge in [-0.1, -0.05) is 36.0 Å². The number of aromatic nitrogens is 3. The van der Waals surface area contributed by atoms with Gasteiger partial charge >= 0.3 is 0 Å². The Morgan fingerprint density at radius 3 is 2.50 bits per heavy atom. The molecule has 1 atom stereocenters. The monoisotopic (exact) mass is 484 g/mol. The van der Waals surface area contributed by atoms with Crippen molar-refractivity contribution in [1.29, 1.82) is 0 Å². The number of thioether (sulfide) groups is 1. The zero-order valence-corrected chi connectivity index (χ0v) is 20.0. The Hall–Kier alpha value is -2.29. The number of rotatable bonds is 8. The molecule has 1 aromatic heterocycles. The first-order chi connectivity index (χ1) is 16.6. The molecule has 2 aromatic carbocycles. The molecule has 0 N–H and O–H groups in total. The van der Waals surface area contributed by atoms with E-state index in [0.717, 1.165) is 86.3 Å². The molecule has 3 heterocycles. The van der Waals surface area contributed by atoms with Crippen molar-refractivity contribution in [3.8, 4) is 0 Å². The lowest BCUT2D eigenvalue weighted by atomic mass is 9.95. The Bertz CT molecular complexity index is 1080. The molecule has 2 saturated heterocycles. The molecule has 8 heteroatoms. The molecular weight excluding hydrogens is 454 g/mol. The molecule has 3 aromatic rings. The molecule has 2 fully saturated rings. The molecule has 180 valence electrons. The minimum absolute atomic E-state index is 0.180. The van der Waals surface area contributed by atoms with Crippen LogP contribution in [0.1, 0.15) is 48.6 Å². The van der Waals surface area contributed by atoms with Gasteiger partial charge in [0.15, 0.2) is 5.16 Å². The second-order valence-electron chi connectivity index (χ2n) is 9.18. The third-order valence-electron chi connectivity index (χ3n) is 6.68. The Morgan fingerprint density at radius 1 is 0.941 bits per heavy atom. The highest BCUT2D eigenvalue weighted by atomic mass is 32.2. The highest BCUT2D eigenvalue weighted by Gasteiger charge is 2.28. The molecule has 5 rings (SSSR count).